The van der Waals surface area contributed by atoms with E-state index < -0.39 is 22.4 Å². The molecule has 0 heterocycles. The molecule has 0 spiro atoms. The van der Waals surface area contributed by atoms with Crippen molar-refractivity contribution in [1.82, 2.24) is 0 Å². The quantitative estimate of drug-likeness (QED) is 0.675. The summed E-state index contributed by atoms with van der Waals surface area (Å²) in [5.74, 6) is -2.10. The molecule has 2 aromatic rings. The van der Waals surface area contributed by atoms with E-state index in [9.17, 15) is 19.3 Å². The number of hydrogen-bond acceptors (Lipinski definition) is 4. The molecule has 1 N–H and O–H groups in total. The number of nitro groups is 1. The predicted molar refractivity (Wildman–Crippen MR) is 70.8 cm³/mol. The lowest BCUT2D eigenvalue weighted by Gasteiger charge is -2.09. The molecule has 2 aromatic carbocycles. The van der Waals surface area contributed by atoms with Gasteiger partial charge in [-0.2, -0.15) is 4.39 Å². The lowest BCUT2D eigenvalue weighted by molar-refractivity contribution is -0.387. The highest BCUT2D eigenvalue weighted by Crippen LogP contribution is 2.23. The molecule has 0 bridgehead atoms. The van der Waals surface area contributed by atoms with Gasteiger partial charge in [0.2, 0.25) is 5.82 Å². The first-order valence-corrected chi connectivity index (χ1v) is 5.87. The van der Waals surface area contributed by atoms with Gasteiger partial charge in [0, 0.05) is 11.6 Å². The first kappa shape index (κ1) is 14.4. The van der Waals surface area contributed by atoms with Gasteiger partial charge in [-0.15, -0.1) is 0 Å². The van der Waals surface area contributed by atoms with Crippen LogP contribution in [0, 0.1) is 15.9 Å². The summed E-state index contributed by atoms with van der Waals surface area (Å²) in [7, 11) is 0. The Morgan fingerprint density at radius 2 is 1.95 bits per heavy atom. The van der Waals surface area contributed by atoms with Crippen LogP contribution < -0.4 is 4.74 Å². The van der Waals surface area contributed by atoms with Crippen molar-refractivity contribution in [3.05, 3.63) is 69.5 Å². The van der Waals surface area contributed by atoms with Crippen molar-refractivity contribution >= 4 is 11.7 Å². The SMILES string of the molecule is O=C(O)c1ccccc1OCc1cccc([N+](=O)[O-])c1F. The number of carbonyl (C=O) groups is 1. The Balaban J connectivity index is 2.23. The fourth-order valence-corrected chi connectivity index (χ4v) is 1.74. The Hall–Kier alpha value is -2.96. The van der Waals surface area contributed by atoms with Gasteiger partial charge < -0.3 is 9.84 Å². The van der Waals surface area contributed by atoms with Crippen molar-refractivity contribution in [1.29, 1.82) is 0 Å². The van der Waals surface area contributed by atoms with E-state index in [-0.39, 0.29) is 23.5 Å². The van der Waals surface area contributed by atoms with Crippen molar-refractivity contribution in [3.8, 4) is 5.75 Å². The molecule has 0 atom stereocenters. The van der Waals surface area contributed by atoms with Crippen molar-refractivity contribution in [2.45, 2.75) is 6.61 Å². The minimum atomic E-state index is -1.18. The van der Waals surface area contributed by atoms with Crippen LogP contribution in [0.15, 0.2) is 42.5 Å². The molecular weight excluding hydrogens is 281 g/mol. The minimum absolute atomic E-state index is 0.0237. The van der Waals surface area contributed by atoms with Crippen LogP contribution in [-0.2, 0) is 6.61 Å². The van der Waals surface area contributed by atoms with Crippen LogP contribution in [0.2, 0.25) is 0 Å². The average molecular weight is 291 g/mol. The first-order chi connectivity index (χ1) is 10.0. The number of rotatable bonds is 5. The van der Waals surface area contributed by atoms with Crippen molar-refractivity contribution in [2.24, 2.45) is 0 Å². The largest absolute Gasteiger partial charge is 0.488 e. The maximum atomic E-state index is 13.8. The first-order valence-electron chi connectivity index (χ1n) is 5.87. The van der Waals surface area contributed by atoms with Gasteiger partial charge in [0.15, 0.2) is 0 Å². The highest BCUT2D eigenvalue weighted by Gasteiger charge is 2.18. The van der Waals surface area contributed by atoms with Crippen molar-refractivity contribution < 1.29 is 24.0 Å². The van der Waals surface area contributed by atoms with E-state index in [1.54, 1.807) is 6.07 Å². The number of aromatic carboxylic acids is 1. The Bertz CT molecular complexity index is 702. The number of ether oxygens (including phenoxy) is 1. The third kappa shape index (κ3) is 3.14. The molecule has 0 saturated heterocycles. The van der Waals surface area contributed by atoms with E-state index in [1.807, 2.05) is 0 Å². The van der Waals surface area contributed by atoms with Crippen molar-refractivity contribution in [2.75, 3.05) is 0 Å². The highest BCUT2D eigenvalue weighted by atomic mass is 19.1. The molecule has 0 aliphatic carbocycles. The summed E-state index contributed by atoms with van der Waals surface area (Å²) in [5.41, 5.74) is -0.740. The van der Waals surface area contributed by atoms with E-state index in [0.717, 1.165) is 6.07 Å². The van der Waals surface area contributed by atoms with Crippen LogP contribution in [0.3, 0.4) is 0 Å². The average Bonchev–Trinajstić information content (AvgIpc) is 2.46. The van der Waals surface area contributed by atoms with Gasteiger partial charge in [0.05, 0.1) is 4.92 Å². The second kappa shape index (κ2) is 6.00. The van der Waals surface area contributed by atoms with Crippen LogP contribution in [0.25, 0.3) is 0 Å². The zero-order valence-corrected chi connectivity index (χ0v) is 10.7. The summed E-state index contributed by atoms with van der Waals surface area (Å²) in [4.78, 5) is 20.8. The Morgan fingerprint density at radius 3 is 2.62 bits per heavy atom. The monoisotopic (exact) mass is 291 g/mol. The van der Waals surface area contributed by atoms with Crippen LogP contribution in [0.1, 0.15) is 15.9 Å². The molecule has 0 unspecified atom stereocenters. The summed E-state index contributed by atoms with van der Waals surface area (Å²) in [5, 5.41) is 19.6. The second-order valence-corrected chi connectivity index (χ2v) is 4.10. The Kier molecular flexibility index (Phi) is 4.13. The molecule has 0 amide bonds. The predicted octanol–water partition coefficient (Wildman–Crippen LogP) is 3.01. The summed E-state index contributed by atoms with van der Waals surface area (Å²) in [6, 6.07) is 9.61. The third-order valence-electron chi connectivity index (χ3n) is 2.76. The maximum Gasteiger partial charge on any atom is 0.339 e. The van der Waals surface area contributed by atoms with Gasteiger partial charge in [-0.3, -0.25) is 10.1 Å². The fourth-order valence-electron chi connectivity index (χ4n) is 1.74. The molecule has 0 aliphatic rings. The minimum Gasteiger partial charge on any atom is -0.488 e. The molecule has 0 saturated carbocycles. The number of para-hydroxylation sites is 1. The van der Waals surface area contributed by atoms with E-state index in [4.69, 9.17) is 9.84 Å². The van der Waals surface area contributed by atoms with E-state index in [2.05, 4.69) is 0 Å². The number of nitrogens with zero attached hydrogens (tertiary/aromatic N) is 1. The normalized spacial score (nSPS) is 10.1. The second-order valence-electron chi connectivity index (χ2n) is 4.10. The number of carboxylic acid groups (broad SMARTS) is 1. The van der Waals surface area contributed by atoms with Gasteiger partial charge in [-0.25, -0.2) is 4.79 Å². The smallest absolute Gasteiger partial charge is 0.339 e. The fraction of sp³-hybridized carbons (Fsp3) is 0.0714. The number of carboxylic acids is 1. The van der Waals surface area contributed by atoms with Gasteiger partial charge in [-0.1, -0.05) is 24.3 Å². The molecule has 6 nitrogen and oxygen atoms in total. The molecule has 7 heteroatoms. The Labute approximate surface area is 118 Å². The Morgan fingerprint density at radius 1 is 1.24 bits per heavy atom. The van der Waals surface area contributed by atoms with Gasteiger partial charge in [0.25, 0.3) is 0 Å². The molecule has 0 aromatic heterocycles. The summed E-state index contributed by atoms with van der Waals surface area (Å²) < 4.78 is 19.1. The van der Waals surface area contributed by atoms with Crippen LogP contribution in [0.4, 0.5) is 10.1 Å². The molecule has 0 fully saturated rings. The topological polar surface area (TPSA) is 89.7 Å². The number of halogens is 1. The van der Waals surface area contributed by atoms with Gasteiger partial charge in [0.1, 0.15) is 17.9 Å². The van der Waals surface area contributed by atoms with E-state index >= 15 is 0 Å². The molecule has 0 radical (unpaired) electrons. The number of nitro benzene ring substituents is 1. The lowest BCUT2D eigenvalue weighted by atomic mass is 10.2. The zero-order chi connectivity index (χ0) is 15.4. The summed E-state index contributed by atoms with van der Waals surface area (Å²) in [6.45, 7) is -0.308. The standard InChI is InChI=1S/C14H10FNO5/c15-13-9(4-3-6-11(13)16(19)20)8-21-12-7-2-1-5-10(12)14(17)18/h1-7H,8H2,(H,17,18). The molecule has 2 rings (SSSR count). The van der Waals surface area contributed by atoms with Crippen LogP contribution in [0.5, 0.6) is 5.75 Å². The maximum absolute atomic E-state index is 13.8. The van der Waals surface area contributed by atoms with E-state index in [1.165, 1.54) is 30.3 Å². The molecule has 108 valence electrons. The summed E-state index contributed by atoms with van der Waals surface area (Å²) in [6.07, 6.45) is 0. The van der Waals surface area contributed by atoms with Crippen LogP contribution >= 0.6 is 0 Å². The van der Waals surface area contributed by atoms with Gasteiger partial charge >= 0.3 is 11.7 Å². The van der Waals surface area contributed by atoms with Gasteiger partial charge in [-0.05, 0) is 12.1 Å². The zero-order valence-electron chi connectivity index (χ0n) is 10.7. The third-order valence-corrected chi connectivity index (χ3v) is 2.76. The van der Waals surface area contributed by atoms with Crippen molar-refractivity contribution in [3.63, 3.8) is 0 Å². The summed E-state index contributed by atoms with van der Waals surface area (Å²) >= 11 is 0. The van der Waals surface area contributed by atoms with Crippen LogP contribution in [-0.4, -0.2) is 16.0 Å². The number of hydrogen-bond donors (Lipinski definition) is 1. The molecule has 21 heavy (non-hydrogen) atoms. The molecular formula is C14H10FNO5. The number of benzene rings is 2. The lowest BCUT2D eigenvalue weighted by Crippen LogP contribution is -2.05. The highest BCUT2D eigenvalue weighted by molar-refractivity contribution is 5.90. The molecule has 0 aliphatic heterocycles. The van der Waals surface area contributed by atoms with E-state index in [0.29, 0.717) is 0 Å².